The second-order valence-electron chi connectivity index (χ2n) is 9.08. The molecule has 0 radical (unpaired) electrons. The van der Waals surface area contributed by atoms with Gasteiger partial charge in [-0.2, -0.15) is 18.3 Å². The smallest absolute Gasteiger partial charge is 0.433 e. The summed E-state index contributed by atoms with van der Waals surface area (Å²) >= 11 is 0. The van der Waals surface area contributed by atoms with E-state index in [1.165, 1.54) is 24.8 Å². The quantitative estimate of drug-likeness (QED) is 0.300. The van der Waals surface area contributed by atoms with Gasteiger partial charge in [-0.3, -0.25) is 14.4 Å². The molecule has 0 saturated carbocycles. The maximum atomic E-state index is 13.5. The van der Waals surface area contributed by atoms with Gasteiger partial charge in [0, 0.05) is 30.7 Å². The molecule has 1 unspecified atom stereocenters. The number of aliphatic carboxylic acids is 3. The molecule has 0 aliphatic carbocycles. The van der Waals surface area contributed by atoms with Crippen molar-refractivity contribution in [1.82, 2.24) is 29.5 Å². The van der Waals surface area contributed by atoms with Crippen LogP contribution in [0.1, 0.15) is 66.1 Å². The summed E-state index contributed by atoms with van der Waals surface area (Å²) in [5.41, 5.74) is -2.41. The number of carboxylic acid groups (broad SMARTS) is 3. The lowest BCUT2D eigenvalue weighted by molar-refractivity contribution is -0.170. The number of aliphatic hydroxyl groups is 1. The van der Waals surface area contributed by atoms with Crippen LogP contribution in [0.4, 0.5) is 13.2 Å². The molecule has 17 heteroatoms. The topological polar surface area (TPSA) is 208 Å². The summed E-state index contributed by atoms with van der Waals surface area (Å²) in [5, 5.41) is 38.0. The van der Waals surface area contributed by atoms with Crippen LogP contribution in [-0.4, -0.2) is 85.9 Å². The molecule has 4 heterocycles. The fraction of sp³-hybridized carbons (Fsp3) is 0.417. The molecule has 0 spiro atoms. The largest absolute Gasteiger partial charge is 0.481 e. The van der Waals surface area contributed by atoms with Crippen LogP contribution in [0.5, 0.6) is 0 Å². The lowest BCUT2D eigenvalue weighted by Crippen LogP contribution is -2.42. The van der Waals surface area contributed by atoms with E-state index >= 15 is 0 Å². The SMILES string of the molecule is CCc1cc(C(F)(F)F)n2nc(C3CCCN3C(=O)c3cncnc3)cc2n1.O=C(O)CC(O)(CC(=O)O)C(=O)O. The summed E-state index contributed by atoms with van der Waals surface area (Å²) in [5.74, 6) is -5.28. The molecule has 4 rings (SSSR count). The van der Waals surface area contributed by atoms with Crippen LogP contribution >= 0.6 is 0 Å². The molecule has 41 heavy (non-hydrogen) atoms. The van der Waals surface area contributed by atoms with Gasteiger partial charge in [-0.1, -0.05) is 6.92 Å². The molecule has 4 N–H and O–H groups in total. The Labute approximate surface area is 229 Å². The summed E-state index contributed by atoms with van der Waals surface area (Å²) in [6.45, 7) is 2.24. The van der Waals surface area contributed by atoms with Gasteiger partial charge >= 0.3 is 24.1 Å². The van der Waals surface area contributed by atoms with Crippen LogP contribution in [-0.2, 0) is 27.0 Å². The van der Waals surface area contributed by atoms with Crippen LogP contribution in [0, 0.1) is 0 Å². The molecular formula is C24H25F3N6O8. The summed E-state index contributed by atoms with van der Waals surface area (Å²) in [4.78, 5) is 56.9. The van der Waals surface area contributed by atoms with Crippen LogP contribution in [0.3, 0.4) is 0 Å². The molecule has 1 fully saturated rings. The minimum atomic E-state index is -4.55. The van der Waals surface area contributed by atoms with Crippen molar-refractivity contribution in [2.75, 3.05) is 6.54 Å². The number of hydrogen-bond acceptors (Lipinski definition) is 9. The van der Waals surface area contributed by atoms with Gasteiger partial charge in [-0.05, 0) is 25.3 Å². The Bertz CT molecular complexity index is 1430. The molecule has 0 bridgehead atoms. The number of amides is 1. The molecule has 3 aromatic heterocycles. The van der Waals surface area contributed by atoms with E-state index < -0.39 is 54.3 Å². The fourth-order valence-corrected chi connectivity index (χ4v) is 4.20. The average Bonchev–Trinajstić information content (AvgIpc) is 3.54. The highest BCUT2D eigenvalue weighted by Gasteiger charge is 2.41. The van der Waals surface area contributed by atoms with Crippen LogP contribution < -0.4 is 0 Å². The zero-order chi connectivity index (χ0) is 30.5. The number of fused-ring (bicyclic) bond motifs is 1. The fourth-order valence-electron chi connectivity index (χ4n) is 4.20. The van der Waals surface area contributed by atoms with Crippen molar-refractivity contribution in [3.63, 3.8) is 0 Å². The standard InChI is InChI=1S/C18H17F3N6O.C6H8O7/c1-2-12-6-15(18(19,20)21)27-16(24-12)7-13(25-27)14-4-3-5-26(14)17(28)11-8-22-10-23-9-11;7-3(8)1-6(13,5(11)12)2-4(9)10/h6-10,14H,2-5H2,1H3;13H,1-2H2,(H,7,8)(H,9,10)(H,11,12). The number of hydrogen-bond donors (Lipinski definition) is 4. The van der Waals surface area contributed by atoms with Gasteiger partial charge in [-0.25, -0.2) is 24.3 Å². The number of carbonyl (C=O) groups excluding carboxylic acids is 1. The van der Waals surface area contributed by atoms with Gasteiger partial charge in [0.25, 0.3) is 5.91 Å². The lowest BCUT2D eigenvalue weighted by atomic mass is 9.96. The number of likely N-dealkylation sites (tertiary alicyclic amines) is 1. The molecule has 1 atom stereocenters. The Hall–Kier alpha value is -4.67. The maximum absolute atomic E-state index is 13.5. The third-order valence-corrected chi connectivity index (χ3v) is 6.10. The van der Waals surface area contributed by atoms with Gasteiger partial charge in [0.1, 0.15) is 12.0 Å². The summed E-state index contributed by atoms with van der Waals surface area (Å²) < 4.78 is 41.3. The monoisotopic (exact) mass is 582 g/mol. The highest BCUT2D eigenvalue weighted by Crippen LogP contribution is 2.35. The van der Waals surface area contributed by atoms with Crippen molar-refractivity contribution in [3.05, 3.63) is 53.5 Å². The van der Waals surface area contributed by atoms with Crippen LogP contribution in [0.25, 0.3) is 5.65 Å². The predicted octanol–water partition coefficient (Wildman–Crippen LogP) is 1.83. The van der Waals surface area contributed by atoms with E-state index in [2.05, 4.69) is 20.1 Å². The number of alkyl halides is 3. The third kappa shape index (κ3) is 7.30. The molecule has 0 aromatic carbocycles. The van der Waals surface area contributed by atoms with E-state index in [4.69, 9.17) is 20.4 Å². The van der Waals surface area contributed by atoms with Crippen LogP contribution in [0.15, 0.2) is 30.9 Å². The molecular weight excluding hydrogens is 557 g/mol. The first-order valence-electron chi connectivity index (χ1n) is 12.1. The Kier molecular flexibility index (Phi) is 9.21. The van der Waals surface area contributed by atoms with Crippen molar-refractivity contribution >= 4 is 29.5 Å². The zero-order valence-corrected chi connectivity index (χ0v) is 21.4. The number of halogens is 3. The third-order valence-electron chi connectivity index (χ3n) is 6.10. The number of nitrogens with zero attached hydrogens (tertiary/aromatic N) is 6. The molecule has 1 saturated heterocycles. The Morgan fingerprint density at radius 2 is 1.63 bits per heavy atom. The zero-order valence-electron chi connectivity index (χ0n) is 21.4. The average molecular weight is 582 g/mol. The first-order valence-corrected chi connectivity index (χ1v) is 12.1. The van der Waals surface area contributed by atoms with Gasteiger partial charge in [0.15, 0.2) is 11.2 Å². The van der Waals surface area contributed by atoms with Crippen molar-refractivity contribution in [3.8, 4) is 0 Å². The molecule has 1 amide bonds. The summed E-state index contributed by atoms with van der Waals surface area (Å²) in [6.07, 6.45) is -0.943. The summed E-state index contributed by atoms with van der Waals surface area (Å²) in [7, 11) is 0. The second-order valence-corrected chi connectivity index (χ2v) is 9.08. The van der Waals surface area contributed by atoms with Gasteiger partial charge in [0.05, 0.1) is 30.1 Å². The van der Waals surface area contributed by atoms with E-state index in [-0.39, 0.29) is 11.6 Å². The normalized spacial score (nSPS) is 15.3. The lowest BCUT2D eigenvalue weighted by Gasteiger charge is -2.23. The highest BCUT2D eigenvalue weighted by molar-refractivity contribution is 5.94. The number of carboxylic acids is 3. The maximum Gasteiger partial charge on any atom is 0.433 e. The van der Waals surface area contributed by atoms with Crippen molar-refractivity contribution in [2.24, 2.45) is 0 Å². The minimum Gasteiger partial charge on any atom is -0.481 e. The van der Waals surface area contributed by atoms with Gasteiger partial charge < -0.3 is 25.3 Å². The molecule has 1 aliphatic rings. The van der Waals surface area contributed by atoms with Gasteiger partial charge in [0.2, 0.25) is 0 Å². The molecule has 220 valence electrons. The van der Waals surface area contributed by atoms with E-state index in [1.54, 1.807) is 11.8 Å². The number of aromatic nitrogens is 5. The van der Waals surface area contributed by atoms with E-state index in [0.717, 1.165) is 17.0 Å². The molecule has 14 nitrogen and oxygen atoms in total. The first kappa shape index (κ1) is 30.9. The van der Waals surface area contributed by atoms with Crippen LogP contribution in [0.2, 0.25) is 0 Å². The Balaban J connectivity index is 0.000000302. The summed E-state index contributed by atoms with van der Waals surface area (Å²) in [6, 6.07) is 2.13. The molecule has 1 aliphatic heterocycles. The number of rotatable bonds is 8. The minimum absolute atomic E-state index is 0.129. The van der Waals surface area contributed by atoms with E-state index in [9.17, 15) is 32.3 Å². The Morgan fingerprint density at radius 3 is 2.15 bits per heavy atom. The van der Waals surface area contributed by atoms with E-state index in [1.807, 2.05) is 0 Å². The number of aryl methyl sites for hydroxylation is 1. The van der Waals surface area contributed by atoms with Crippen molar-refractivity contribution in [1.29, 1.82) is 0 Å². The number of carbonyl (C=O) groups is 4. The van der Waals surface area contributed by atoms with Crippen molar-refractivity contribution in [2.45, 2.75) is 56.8 Å². The van der Waals surface area contributed by atoms with Crippen molar-refractivity contribution < 1.29 is 52.8 Å². The predicted molar refractivity (Wildman–Crippen MR) is 130 cm³/mol. The first-order chi connectivity index (χ1) is 19.2. The molecule has 3 aromatic rings. The highest BCUT2D eigenvalue weighted by atomic mass is 19.4. The van der Waals surface area contributed by atoms with E-state index in [0.29, 0.717) is 36.3 Å². The Morgan fingerprint density at radius 1 is 1.02 bits per heavy atom. The van der Waals surface area contributed by atoms with Gasteiger partial charge in [-0.15, -0.1) is 0 Å². The second kappa shape index (κ2) is 12.2.